The number of hydrogen-bond donors (Lipinski definition) is 1. The topological polar surface area (TPSA) is 37.3 Å². The lowest BCUT2D eigenvalue weighted by Gasteiger charge is -2.21. The van der Waals surface area contributed by atoms with E-state index < -0.39 is 0 Å². The summed E-state index contributed by atoms with van der Waals surface area (Å²) < 4.78 is 0. The van der Waals surface area contributed by atoms with Crippen LogP contribution in [0.3, 0.4) is 0 Å². The van der Waals surface area contributed by atoms with Gasteiger partial charge in [0.2, 0.25) is 0 Å². The van der Waals surface area contributed by atoms with Crippen molar-refractivity contribution >= 4 is 17.4 Å². The van der Waals surface area contributed by atoms with Gasteiger partial charge in [0.05, 0.1) is 11.9 Å². The minimum Gasteiger partial charge on any atom is -0.367 e. The van der Waals surface area contributed by atoms with Gasteiger partial charge in [-0.3, -0.25) is 9.98 Å². The molecule has 3 nitrogen and oxygen atoms in total. The second-order valence-corrected chi connectivity index (χ2v) is 6.19. The highest BCUT2D eigenvalue weighted by atomic mass is 35.5. The standard InChI is InChI=1S/C18H20ClN3/c1-13-8-14(12-20-11-13)9-17(22-18-6-3-7-21-18)15-4-2-5-16(19)10-15/h2,4-5,8,10-12,17H,3,6-7,9H2,1H3,(H,21,22). The summed E-state index contributed by atoms with van der Waals surface area (Å²) in [6.07, 6.45) is 6.85. The normalized spacial score (nSPS) is 15.5. The van der Waals surface area contributed by atoms with Crippen LogP contribution in [0.25, 0.3) is 0 Å². The highest BCUT2D eigenvalue weighted by Crippen LogP contribution is 2.22. The summed E-state index contributed by atoms with van der Waals surface area (Å²) in [5.41, 5.74) is 3.58. The molecule has 0 saturated heterocycles. The van der Waals surface area contributed by atoms with Gasteiger partial charge < -0.3 is 5.32 Å². The van der Waals surface area contributed by atoms with Crippen molar-refractivity contribution < 1.29 is 0 Å². The van der Waals surface area contributed by atoms with Gasteiger partial charge >= 0.3 is 0 Å². The summed E-state index contributed by atoms with van der Waals surface area (Å²) in [5.74, 6) is 1.10. The first kappa shape index (κ1) is 15.0. The van der Waals surface area contributed by atoms with Gasteiger partial charge in [-0.25, -0.2) is 0 Å². The number of amidine groups is 1. The molecule has 0 spiro atoms. The molecular weight excluding hydrogens is 294 g/mol. The number of rotatable bonds is 4. The summed E-state index contributed by atoms with van der Waals surface area (Å²) in [4.78, 5) is 8.84. The van der Waals surface area contributed by atoms with Gasteiger partial charge in [-0.1, -0.05) is 29.8 Å². The fraction of sp³-hybridized carbons (Fsp3) is 0.333. The van der Waals surface area contributed by atoms with Gasteiger partial charge in [-0.15, -0.1) is 0 Å². The monoisotopic (exact) mass is 313 g/mol. The second-order valence-electron chi connectivity index (χ2n) is 5.76. The third kappa shape index (κ3) is 3.86. The average Bonchev–Trinajstić information content (AvgIpc) is 3.00. The molecule has 1 unspecified atom stereocenters. The van der Waals surface area contributed by atoms with Crippen molar-refractivity contribution in [2.45, 2.75) is 32.2 Å². The van der Waals surface area contributed by atoms with Crippen LogP contribution in [0.2, 0.25) is 5.02 Å². The van der Waals surface area contributed by atoms with E-state index in [9.17, 15) is 0 Å². The number of nitrogens with zero attached hydrogens (tertiary/aromatic N) is 2. The Hall–Kier alpha value is -1.87. The summed E-state index contributed by atoms with van der Waals surface area (Å²) in [6, 6.07) is 10.4. The van der Waals surface area contributed by atoms with Gasteiger partial charge in [0.25, 0.3) is 0 Å². The second kappa shape index (κ2) is 6.93. The zero-order valence-corrected chi connectivity index (χ0v) is 13.5. The molecule has 22 heavy (non-hydrogen) atoms. The SMILES string of the molecule is Cc1cncc(CC(NC2=NCCC2)c2cccc(Cl)c2)c1. The lowest BCUT2D eigenvalue weighted by atomic mass is 9.99. The molecule has 0 saturated carbocycles. The van der Waals surface area contributed by atoms with Gasteiger partial charge in [0, 0.05) is 30.4 Å². The fourth-order valence-electron chi connectivity index (χ4n) is 2.80. The number of benzene rings is 1. The number of pyridine rings is 1. The van der Waals surface area contributed by atoms with Gasteiger partial charge in [0.15, 0.2) is 0 Å². The van der Waals surface area contributed by atoms with E-state index in [1.807, 2.05) is 30.6 Å². The molecule has 2 heterocycles. The van der Waals surface area contributed by atoms with Crippen molar-refractivity contribution in [1.29, 1.82) is 0 Å². The third-order valence-electron chi connectivity index (χ3n) is 3.84. The smallest absolute Gasteiger partial charge is 0.0968 e. The molecule has 0 bridgehead atoms. The number of halogens is 1. The Kier molecular flexibility index (Phi) is 4.74. The Morgan fingerprint density at radius 1 is 1.27 bits per heavy atom. The summed E-state index contributed by atoms with van der Waals surface area (Å²) in [6.45, 7) is 3.00. The molecule has 1 N–H and O–H groups in total. The highest BCUT2D eigenvalue weighted by molar-refractivity contribution is 6.30. The number of aryl methyl sites for hydroxylation is 1. The lowest BCUT2D eigenvalue weighted by Crippen LogP contribution is -2.28. The Bertz CT molecular complexity index is 682. The molecule has 0 aliphatic carbocycles. The Balaban J connectivity index is 1.85. The number of aromatic nitrogens is 1. The van der Waals surface area contributed by atoms with Crippen LogP contribution in [0.15, 0.2) is 47.7 Å². The quantitative estimate of drug-likeness (QED) is 0.922. The zero-order chi connectivity index (χ0) is 15.4. The van der Waals surface area contributed by atoms with Crippen LogP contribution in [-0.4, -0.2) is 17.4 Å². The van der Waals surface area contributed by atoms with Crippen molar-refractivity contribution in [2.24, 2.45) is 4.99 Å². The predicted octanol–water partition coefficient (Wildman–Crippen LogP) is 4.11. The molecule has 1 aliphatic rings. The number of hydrogen-bond acceptors (Lipinski definition) is 3. The average molecular weight is 314 g/mol. The Morgan fingerprint density at radius 3 is 2.91 bits per heavy atom. The fourth-order valence-corrected chi connectivity index (χ4v) is 3.00. The lowest BCUT2D eigenvalue weighted by molar-refractivity contribution is 0.637. The molecule has 4 heteroatoms. The minimum atomic E-state index is 0.166. The van der Waals surface area contributed by atoms with Crippen LogP contribution in [0.1, 0.15) is 35.6 Å². The van der Waals surface area contributed by atoms with Crippen molar-refractivity contribution in [1.82, 2.24) is 10.3 Å². The maximum atomic E-state index is 6.16. The summed E-state index contributed by atoms with van der Waals surface area (Å²) in [5, 5.41) is 4.35. The maximum absolute atomic E-state index is 6.16. The van der Waals surface area contributed by atoms with Gasteiger partial charge in [0.1, 0.15) is 0 Å². The summed E-state index contributed by atoms with van der Waals surface area (Å²) >= 11 is 6.16. The number of nitrogens with one attached hydrogen (secondary N) is 1. The molecule has 1 aromatic carbocycles. The molecule has 1 atom stereocenters. The first-order valence-electron chi connectivity index (χ1n) is 7.66. The molecule has 1 aromatic heterocycles. The van der Waals surface area contributed by atoms with Crippen LogP contribution >= 0.6 is 11.6 Å². The molecular formula is C18H20ClN3. The van der Waals surface area contributed by atoms with Crippen LogP contribution in [0.5, 0.6) is 0 Å². The van der Waals surface area contributed by atoms with E-state index >= 15 is 0 Å². The Morgan fingerprint density at radius 2 is 2.18 bits per heavy atom. The van der Waals surface area contributed by atoms with Crippen LogP contribution in [0.4, 0.5) is 0 Å². The molecule has 2 aromatic rings. The molecule has 1 aliphatic heterocycles. The first-order valence-corrected chi connectivity index (χ1v) is 8.04. The van der Waals surface area contributed by atoms with E-state index in [1.165, 1.54) is 16.7 Å². The number of aliphatic imine (C=N–C) groups is 1. The largest absolute Gasteiger partial charge is 0.367 e. The minimum absolute atomic E-state index is 0.166. The van der Waals surface area contributed by atoms with E-state index in [4.69, 9.17) is 11.6 Å². The van der Waals surface area contributed by atoms with E-state index in [0.717, 1.165) is 36.7 Å². The van der Waals surface area contributed by atoms with Crippen LogP contribution in [0, 0.1) is 6.92 Å². The van der Waals surface area contributed by atoms with E-state index in [1.54, 1.807) is 0 Å². The van der Waals surface area contributed by atoms with Crippen LogP contribution < -0.4 is 5.32 Å². The van der Waals surface area contributed by atoms with Crippen molar-refractivity contribution in [3.63, 3.8) is 0 Å². The van der Waals surface area contributed by atoms with Crippen molar-refractivity contribution in [3.8, 4) is 0 Å². The van der Waals surface area contributed by atoms with Crippen molar-refractivity contribution in [3.05, 3.63) is 64.4 Å². The molecule has 114 valence electrons. The highest BCUT2D eigenvalue weighted by Gasteiger charge is 2.16. The first-order chi connectivity index (χ1) is 10.7. The van der Waals surface area contributed by atoms with Gasteiger partial charge in [-0.2, -0.15) is 0 Å². The summed E-state index contributed by atoms with van der Waals surface area (Å²) in [7, 11) is 0. The van der Waals surface area contributed by atoms with Crippen molar-refractivity contribution in [2.75, 3.05) is 6.54 Å². The molecule has 0 radical (unpaired) electrons. The molecule has 0 amide bonds. The third-order valence-corrected chi connectivity index (χ3v) is 4.07. The maximum Gasteiger partial charge on any atom is 0.0968 e. The molecule has 3 rings (SSSR count). The van der Waals surface area contributed by atoms with E-state index in [-0.39, 0.29) is 6.04 Å². The van der Waals surface area contributed by atoms with E-state index in [2.05, 4.69) is 34.3 Å². The van der Waals surface area contributed by atoms with Gasteiger partial charge in [-0.05, 0) is 48.6 Å². The molecule has 0 fully saturated rings. The Labute approximate surface area is 136 Å². The zero-order valence-electron chi connectivity index (χ0n) is 12.7. The predicted molar refractivity (Wildman–Crippen MR) is 91.5 cm³/mol. The van der Waals surface area contributed by atoms with E-state index in [0.29, 0.717) is 0 Å². The van der Waals surface area contributed by atoms with Crippen LogP contribution in [-0.2, 0) is 6.42 Å².